The fourth-order valence-corrected chi connectivity index (χ4v) is 2.87. The summed E-state index contributed by atoms with van der Waals surface area (Å²) in [6.07, 6.45) is 0.780. The molecule has 0 amide bonds. The molecule has 1 aromatic heterocycles. The van der Waals surface area contributed by atoms with Crippen LogP contribution in [0.4, 0.5) is 0 Å². The lowest BCUT2D eigenvalue weighted by molar-refractivity contribution is 0.242. The summed E-state index contributed by atoms with van der Waals surface area (Å²) in [5.41, 5.74) is 11.8. The van der Waals surface area contributed by atoms with Crippen LogP contribution in [0.15, 0.2) is 40.1 Å². The lowest BCUT2D eigenvalue weighted by Gasteiger charge is -2.09. The van der Waals surface area contributed by atoms with E-state index in [2.05, 4.69) is 39.0 Å². The van der Waals surface area contributed by atoms with E-state index in [-0.39, 0.29) is 6.10 Å². The van der Waals surface area contributed by atoms with Gasteiger partial charge >= 0.3 is 0 Å². The molecule has 5 heteroatoms. The normalized spacial score (nSPS) is 16.8. The number of hydrogen-bond acceptors (Lipinski definition) is 3. The van der Waals surface area contributed by atoms with Gasteiger partial charge in [-0.1, -0.05) is 23.3 Å². The minimum absolute atomic E-state index is 0.0318. The van der Waals surface area contributed by atoms with Crippen LogP contribution in [-0.2, 0) is 6.42 Å². The zero-order valence-electron chi connectivity index (χ0n) is 9.61. The Bertz CT molecular complexity index is 603. The zero-order chi connectivity index (χ0) is 12.4. The van der Waals surface area contributed by atoms with Crippen LogP contribution < -0.4 is 4.74 Å². The Morgan fingerprint density at radius 1 is 1.44 bits per heavy atom. The molecule has 18 heavy (non-hydrogen) atoms. The third-order valence-corrected chi connectivity index (χ3v) is 3.69. The second-order valence-corrected chi connectivity index (χ2v) is 4.94. The van der Waals surface area contributed by atoms with Crippen LogP contribution in [0.2, 0.25) is 0 Å². The van der Waals surface area contributed by atoms with Crippen molar-refractivity contribution in [1.29, 1.82) is 0 Å². The van der Waals surface area contributed by atoms with E-state index in [1.54, 1.807) is 11.3 Å². The van der Waals surface area contributed by atoms with Gasteiger partial charge in [0.15, 0.2) is 0 Å². The molecule has 0 spiro atoms. The number of rotatable bonds is 3. The molecule has 1 aliphatic heterocycles. The molecule has 4 nitrogen and oxygen atoms in total. The molecule has 2 heterocycles. The fraction of sp³-hybridized carbons (Fsp3) is 0.231. The van der Waals surface area contributed by atoms with E-state index in [1.165, 1.54) is 11.1 Å². The second-order valence-electron chi connectivity index (χ2n) is 4.16. The third-order valence-electron chi connectivity index (χ3n) is 3.01. The smallest absolute Gasteiger partial charge is 0.130 e. The lowest BCUT2D eigenvalue weighted by atomic mass is 10.0. The summed E-state index contributed by atoms with van der Waals surface area (Å²) < 4.78 is 5.90. The first-order valence-corrected chi connectivity index (χ1v) is 6.65. The molecule has 0 saturated heterocycles. The van der Waals surface area contributed by atoms with Crippen molar-refractivity contribution >= 4 is 11.3 Å². The summed E-state index contributed by atoms with van der Waals surface area (Å²) in [5.74, 6) is 0.939. The first kappa shape index (κ1) is 11.1. The van der Waals surface area contributed by atoms with Gasteiger partial charge in [0.25, 0.3) is 0 Å². The van der Waals surface area contributed by atoms with E-state index in [1.807, 2.05) is 6.07 Å². The Kier molecular flexibility index (Phi) is 2.92. The number of azide groups is 1. The summed E-state index contributed by atoms with van der Waals surface area (Å²) in [7, 11) is 0. The van der Waals surface area contributed by atoms with Crippen LogP contribution in [0.3, 0.4) is 0 Å². The molecule has 1 unspecified atom stereocenters. The van der Waals surface area contributed by atoms with Crippen molar-refractivity contribution in [1.82, 2.24) is 0 Å². The van der Waals surface area contributed by atoms with Gasteiger partial charge in [0, 0.05) is 16.9 Å². The maximum atomic E-state index is 8.35. The van der Waals surface area contributed by atoms with E-state index >= 15 is 0 Å². The van der Waals surface area contributed by atoms with Gasteiger partial charge in [0.2, 0.25) is 0 Å². The maximum absolute atomic E-state index is 8.35. The molecule has 2 aromatic rings. The van der Waals surface area contributed by atoms with Gasteiger partial charge in [-0.05, 0) is 33.5 Å². The summed E-state index contributed by atoms with van der Waals surface area (Å²) in [4.78, 5) is 2.78. The van der Waals surface area contributed by atoms with Gasteiger partial charge in [0.05, 0.1) is 6.54 Å². The molecule has 0 aliphatic carbocycles. The lowest BCUT2D eigenvalue weighted by Crippen LogP contribution is -2.16. The van der Waals surface area contributed by atoms with Crippen LogP contribution in [-0.4, -0.2) is 12.6 Å². The average Bonchev–Trinajstić information content (AvgIpc) is 3.04. The minimum Gasteiger partial charge on any atom is -0.489 e. The largest absolute Gasteiger partial charge is 0.489 e. The van der Waals surface area contributed by atoms with Gasteiger partial charge in [0.1, 0.15) is 11.9 Å². The highest BCUT2D eigenvalue weighted by Gasteiger charge is 2.25. The molecular weight excluding hydrogens is 246 g/mol. The van der Waals surface area contributed by atoms with Gasteiger partial charge in [-0.25, -0.2) is 0 Å². The Morgan fingerprint density at radius 2 is 2.39 bits per heavy atom. The number of nitrogens with zero attached hydrogens (tertiary/aromatic N) is 3. The van der Waals surface area contributed by atoms with Gasteiger partial charge in [-0.2, -0.15) is 11.3 Å². The van der Waals surface area contributed by atoms with Crippen molar-refractivity contribution in [3.63, 3.8) is 0 Å². The van der Waals surface area contributed by atoms with Crippen LogP contribution in [0.5, 0.6) is 5.75 Å². The quantitative estimate of drug-likeness (QED) is 0.465. The molecule has 0 saturated carbocycles. The first-order valence-electron chi connectivity index (χ1n) is 5.70. The van der Waals surface area contributed by atoms with E-state index < -0.39 is 0 Å². The van der Waals surface area contributed by atoms with Crippen molar-refractivity contribution in [2.24, 2.45) is 5.11 Å². The van der Waals surface area contributed by atoms with Gasteiger partial charge in [-0.15, -0.1) is 0 Å². The van der Waals surface area contributed by atoms with E-state index in [0.717, 1.165) is 17.7 Å². The van der Waals surface area contributed by atoms with Crippen molar-refractivity contribution < 1.29 is 4.74 Å². The zero-order valence-corrected chi connectivity index (χ0v) is 10.4. The predicted octanol–water partition coefficient (Wildman–Crippen LogP) is 4.03. The Balaban J connectivity index is 1.94. The summed E-state index contributed by atoms with van der Waals surface area (Å²) in [5, 5.41) is 7.75. The number of hydrogen-bond donors (Lipinski definition) is 0. The molecule has 90 valence electrons. The molecular formula is C13H11N3OS. The number of thiophene rings is 1. The number of para-hydroxylation sites is 1. The summed E-state index contributed by atoms with van der Waals surface area (Å²) in [6.45, 7) is 0.383. The standard InChI is InChI=1S/C13H11N3OS/c14-16-15-7-11-6-9-2-1-3-12(13(9)17-11)10-4-5-18-8-10/h1-5,8,11H,6-7H2. The fourth-order valence-electron chi connectivity index (χ4n) is 2.21. The average molecular weight is 257 g/mol. The molecule has 1 aliphatic rings. The first-order chi connectivity index (χ1) is 8.88. The van der Waals surface area contributed by atoms with Crippen LogP contribution in [0.1, 0.15) is 5.56 Å². The topological polar surface area (TPSA) is 58.0 Å². The van der Waals surface area contributed by atoms with Crippen LogP contribution in [0, 0.1) is 0 Å². The highest BCUT2D eigenvalue weighted by Crippen LogP contribution is 2.39. The Labute approximate surface area is 108 Å². The van der Waals surface area contributed by atoms with E-state index in [0.29, 0.717) is 6.54 Å². The van der Waals surface area contributed by atoms with Crippen LogP contribution >= 0.6 is 11.3 Å². The number of benzene rings is 1. The van der Waals surface area contributed by atoms with Crippen molar-refractivity contribution in [3.8, 4) is 16.9 Å². The van der Waals surface area contributed by atoms with Crippen molar-refractivity contribution in [2.45, 2.75) is 12.5 Å². The van der Waals surface area contributed by atoms with E-state index in [9.17, 15) is 0 Å². The Hall–Kier alpha value is -1.97. The SMILES string of the molecule is [N-]=[N+]=NCC1Cc2cccc(-c3ccsc3)c2O1. The summed E-state index contributed by atoms with van der Waals surface area (Å²) >= 11 is 1.67. The molecule has 0 radical (unpaired) electrons. The predicted molar refractivity (Wildman–Crippen MR) is 71.9 cm³/mol. The van der Waals surface area contributed by atoms with Gasteiger partial charge in [-0.3, -0.25) is 0 Å². The minimum atomic E-state index is -0.0318. The molecule has 0 fully saturated rings. The molecule has 1 atom stereocenters. The van der Waals surface area contributed by atoms with Crippen LogP contribution in [0.25, 0.3) is 21.6 Å². The monoisotopic (exact) mass is 257 g/mol. The molecule has 0 bridgehead atoms. The molecule has 3 rings (SSSR count). The van der Waals surface area contributed by atoms with Crippen molar-refractivity contribution in [2.75, 3.05) is 6.54 Å². The second kappa shape index (κ2) is 4.72. The highest BCUT2D eigenvalue weighted by molar-refractivity contribution is 7.08. The Morgan fingerprint density at radius 3 is 3.17 bits per heavy atom. The molecule has 0 N–H and O–H groups in total. The number of ether oxygens (including phenoxy) is 1. The third kappa shape index (κ3) is 1.94. The van der Waals surface area contributed by atoms with Gasteiger partial charge < -0.3 is 4.74 Å². The maximum Gasteiger partial charge on any atom is 0.130 e. The molecule has 1 aromatic carbocycles. The summed E-state index contributed by atoms with van der Waals surface area (Å²) in [6, 6.07) is 8.27. The highest BCUT2D eigenvalue weighted by atomic mass is 32.1. The number of fused-ring (bicyclic) bond motifs is 1. The van der Waals surface area contributed by atoms with E-state index in [4.69, 9.17) is 10.3 Å². The van der Waals surface area contributed by atoms with Crippen molar-refractivity contribution in [3.05, 3.63) is 51.0 Å².